The minimum atomic E-state index is -0.736. The number of carboxylic acid groups (broad SMARTS) is 1. The molecular weight excluding hydrogens is 246 g/mol. The molecule has 19 heavy (non-hydrogen) atoms. The number of carbonyl (C=O) groups is 1. The molecule has 0 spiro atoms. The van der Waals surface area contributed by atoms with Crippen molar-refractivity contribution in [2.24, 2.45) is 11.8 Å². The molecule has 1 aliphatic heterocycles. The molecule has 1 aliphatic carbocycles. The van der Waals surface area contributed by atoms with Gasteiger partial charge in [0.1, 0.15) is 0 Å². The Morgan fingerprint density at radius 1 is 1.26 bits per heavy atom. The normalized spacial score (nSPS) is 37.2. The number of aliphatic carboxylic acids is 1. The van der Waals surface area contributed by atoms with Crippen molar-refractivity contribution in [1.29, 1.82) is 0 Å². The van der Waals surface area contributed by atoms with E-state index in [-0.39, 0.29) is 12.5 Å². The summed E-state index contributed by atoms with van der Waals surface area (Å²) in [4.78, 5) is 13.1. The van der Waals surface area contributed by atoms with E-state index in [1.54, 1.807) is 0 Å². The summed E-state index contributed by atoms with van der Waals surface area (Å²) in [7, 11) is 0. The summed E-state index contributed by atoms with van der Waals surface area (Å²) in [5.41, 5.74) is -0.733. The summed E-state index contributed by atoms with van der Waals surface area (Å²) in [6.07, 6.45) is 4.42. The van der Waals surface area contributed by atoms with Crippen LogP contribution in [0.5, 0.6) is 0 Å². The molecule has 1 heterocycles. The Hall–Kier alpha value is -0.650. The highest BCUT2D eigenvalue weighted by atomic mass is 16.4. The van der Waals surface area contributed by atoms with E-state index >= 15 is 0 Å². The van der Waals surface area contributed by atoms with Gasteiger partial charge < -0.3 is 20.2 Å². The minimum absolute atomic E-state index is 0.218. The molecule has 0 aromatic rings. The number of nitrogens with zero attached hydrogens (tertiary/aromatic N) is 1. The van der Waals surface area contributed by atoms with Crippen LogP contribution in [0, 0.1) is 11.8 Å². The van der Waals surface area contributed by atoms with Gasteiger partial charge in [0.05, 0.1) is 11.5 Å². The van der Waals surface area contributed by atoms with Gasteiger partial charge in [0, 0.05) is 19.7 Å². The van der Waals surface area contributed by atoms with E-state index in [0.717, 1.165) is 25.9 Å². The molecule has 5 heteroatoms. The predicted octanol–water partition coefficient (Wildman–Crippen LogP) is 0.697. The van der Waals surface area contributed by atoms with Crippen LogP contribution in [0.25, 0.3) is 0 Å². The Bertz CT molecular complexity index is 313. The number of hydrogen-bond acceptors (Lipinski definition) is 4. The van der Waals surface area contributed by atoms with E-state index in [0.29, 0.717) is 38.1 Å². The van der Waals surface area contributed by atoms with Gasteiger partial charge in [-0.2, -0.15) is 0 Å². The van der Waals surface area contributed by atoms with E-state index in [9.17, 15) is 15.0 Å². The Balaban J connectivity index is 1.83. The fourth-order valence-corrected chi connectivity index (χ4v) is 3.42. The van der Waals surface area contributed by atoms with Crippen LogP contribution in [0.15, 0.2) is 0 Å². The number of piperidine rings is 1. The van der Waals surface area contributed by atoms with Gasteiger partial charge in [-0.25, -0.2) is 0 Å². The average Bonchev–Trinajstić information content (AvgIpc) is 2.39. The summed E-state index contributed by atoms with van der Waals surface area (Å²) >= 11 is 0. The molecule has 1 saturated heterocycles. The summed E-state index contributed by atoms with van der Waals surface area (Å²) in [5, 5.41) is 28.8. The molecule has 2 rings (SSSR count). The third-order valence-electron chi connectivity index (χ3n) is 4.64. The average molecular weight is 271 g/mol. The molecule has 0 aromatic carbocycles. The van der Waals surface area contributed by atoms with Crippen LogP contribution < -0.4 is 0 Å². The zero-order valence-corrected chi connectivity index (χ0v) is 11.4. The summed E-state index contributed by atoms with van der Waals surface area (Å²) < 4.78 is 0. The van der Waals surface area contributed by atoms with Crippen molar-refractivity contribution in [3.63, 3.8) is 0 Å². The molecule has 1 saturated carbocycles. The third kappa shape index (κ3) is 3.91. The van der Waals surface area contributed by atoms with Crippen molar-refractivity contribution in [2.75, 3.05) is 26.2 Å². The van der Waals surface area contributed by atoms with Crippen LogP contribution in [0.1, 0.15) is 38.5 Å². The van der Waals surface area contributed by atoms with Crippen LogP contribution >= 0.6 is 0 Å². The Labute approximate surface area is 114 Å². The van der Waals surface area contributed by atoms with E-state index in [4.69, 9.17) is 5.11 Å². The summed E-state index contributed by atoms with van der Waals surface area (Å²) in [6.45, 7) is 2.66. The number of carboxylic acids is 1. The molecule has 5 nitrogen and oxygen atoms in total. The van der Waals surface area contributed by atoms with Gasteiger partial charge >= 0.3 is 5.97 Å². The van der Waals surface area contributed by atoms with Crippen molar-refractivity contribution in [3.8, 4) is 0 Å². The first-order valence-electron chi connectivity index (χ1n) is 7.31. The van der Waals surface area contributed by atoms with E-state index in [2.05, 4.69) is 4.90 Å². The van der Waals surface area contributed by atoms with Gasteiger partial charge in [-0.1, -0.05) is 0 Å². The second kappa shape index (κ2) is 6.20. The largest absolute Gasteiger partial charge is 0.481 e. The molecule has 2 aliphatic rings. The maximum absolute atomic E-state index is 10.9. The van der Waals surface area contributed by atoms with Gasteiger partial charge in [-0.05, 0) is 51.0 Å². The first-order valence-corrected chi connectivity index (χ1v) is 7.31. The van der Waals surface area contributed by atoms with Crippen LogP contribution in [-0.4, -0.2) is 58.0 Å². The maximum atomic E-state index is 10.9. The molecule has 1 atom stereocenters. The van der Waals surface area contributed by atoms with Gasteiger partial charge in [-0.3, -0.25) is 4.79 Å². The SMILES string of the molecule is O=C(O)C1CCC(O)(CN2CCCC(CO)C2)CC1. The fraction of sp³-hybridized carbons (Fsp3) is 0.929. The molecule has 0 amide bonds. The molecule has 3 N–H and O–H groups in total. The minimum Gasteiger partial charge on any atom is -0.481 e. The first-order chi connectivity index (χ1) is 9.02. The monoisotopic (exact) mass is 271 g/mol. The lowest BCUT2D eigenvalue weighted by atomic mass is 9.78. The second-order valence-corrected chi connectivity index (χ2v) is 6.26. The summed E-state index contributed by atoms with van der Waals surface area (Å²) in [5.74, 6) is -0.695. The van der Waals surface area contributed by atoms with Gasteiger partial charge in [0.15, 0.2) is 0 Å². The van der Waals surface area contributed by atoms with Crippen LogP contribution in [-0.2, 0) is 4.79 Å². The molecular formula is C14H25NO4. The first kappa shape index (κ1) is 14.8. The summed E-state index contributed by atoms with van der Waals surface area (Å²) in [6, 6.07) is 0. The third-order valence-corrected chi connectivity index (χ3v) is 4.64. The number of rotatable bonds is 4. The molecule has 2 fully saturated rings. The molecule has 0 aromatic heterocycles. The van der Waals surface area contributed by atoms with Crippen molar-refractivity contribution in [2.45, 2.75) is 44.1 Å². The molecule has 110 valence electrons. The molecule has 0 radical (unpaired) electrons. The highest BCUT2D eigenvalue weighted by Crippen LogP contribution is 2.33. The van der Waals surface area contributed by atoms with E-state index < -0.39 is 11.6 Å². The van der Waals surface area contributed by atoms with E-state index in [1.807, 2.05) is 0 Å². The number of β-amino-alcohol motifs (C(OH)–C–C–N with tert-alkyl or cyclic N) is 1. The van der Waals surface area contributed by atoms with Crippen molar-refractivity contribution < 1.29 is 20.1 Å². The zero-order valence-electron chi connectivity index (χ0n) is 11.4. The number of aliphatic hydroxyl groups is 2. The number of aliphatic hydroxyl groups excluding tert-OH is 1. The lowest BCUT2D eigenvalue weighted by molar-refractivity contribution is -0.145. The lowest BCUT2D eigenvalue weighted by Crippen LogP contribution is -2.49. The van der Waals surface area contributed by atoms with Crippen LogP contribution in [0.2, 0.25) is 0 Å². The Morgan fingerprint density at radius 2 is 1.95 bits per heavy atom. The van der Waals surface area contributed by atoms with Gasteiger partial charge in [0.25, 0.3) is 0 Å². The van der Waals surface area contributed by atoms with Gasteiger partial charge in [0.2, 0.25) is 0 Å². The Kier molecular flexibility index (Phi) is 4.81. The van der Waals surface area contributed by atoms with Crippen molar-refractivity contribution >= 4 is 5.97 Å². The maximum Gasteiger partial charge on any atom is 0.306 e. The number of hydrogen-bond donors (Lipinski definition) is 3. The zero-order chi connectivity index (χ0) is 13.9. The quantitative estimate of drug-likeness (QED) is 0.701. The van der Waals surface area contributed by atoms with Gasteiger partial charge in [-0.15, -0.1) is 0 Å². The van der Waals surface area contributed by atoms with Crippen LogP contribution in [0.4, 0.5) is 0 Å². The van der Waals surface area contributed by atoms with E-state index in [1.165, 1.54) is 0 Å². The second-order valence-electron chi connectivity index (χ2n) is 6.26. The lowest BCUT2D eigenvalue weighted by Gasteiger charge is -2.41. The highest BCUT2D eigenvalue weighted by molar-refractivity contribution is 5.70. The molecule has 0 bridgehead atoms. The van der Waals surface area contributed by atoms with Crippen molar-refractivity contribution in [1.82, 2.24) is 4.90 Å². The Morgan fingerprint density at radius 3 is 2.53 bits per heavy atom. The standard InChI is InChI=1S/C14H25NO4/c16-9-11-2-1-7-15(8-11)10-14(19)5-3-12(4-6-14)13(17)18/h11-12,16,19H,1-10H2,(H,17,18). The predicted molar refractivity (Wildman–Crippen MR) is 70.8 cm³/mol. The molecule has 1 unspecified atom stereocenters. The smallest absolute Gasteiger partial charge is 0.306 e. The number of likely N-dealkylation sites (tertiary alicyclic amines) is 1. The fourth-order valence-electron chi connectivity index (χ4n) is 3.42. The van der Waals surface area contributed by atoms with Crippen LogP contribution in [0.3, 0.4) is 0 Å². The highest BCUT2D eigenvalue weighted by Gasteiger charge is 2.37. The van der Waals surface area contributed by atoms with Crippen molar-refractivity contribution in [3.05, 3.63) is 0 Å². The topological polar surface area (TPSA) is 81.0 Å².